The maximum Gasteiger partial charge on any atom is 0.207 e. The van der Waals surface area contributed by atoms with Gasteiger partial charge in [0.1, 0.15) is 0 Å². The molecular formula is C30H41F3O3. The van der Waals surface area contributed by atoms with Gasteiger partial charge in [0.05, 0.1) is 13.2 Å². The number of hydrogen-bond acceptors (Lipinski definition) is 3. The molecule has 1 heterocycles. The van der Waals surface area contributed by atoms with Crippen LogP contribution in [0.15, 0.2) is 18.2 Å². The fourth-order valence-corrected chi connectivity index (χ4v) is 4.57. The summed E-state index contributed by atoms with van der Waals surface area (Å²) in [6.07, 6.45) is 6.07. The number of hydrogen-bond donors (Lipinski definition) is 0. The first kappa shape index (κ1) is 28.2. The SMILES string of the molecule is CCOc1cc2c(c(F)c1F)Oc1c(ccc(OCC(C)CCC(C)C(C)CCC(C)CC)c1F)C2. The predicted molar refractivity (Wildman–Crippen MR) is 138 cm³/mol. The molecular weight excluding hydrogens is 465 g/mol. The number of benzene rings is 2. The molecule has 0 aromatic heterocycles. The van der Waals surface area contributed by atoms with E-state index in [0.29, 0.717) is 29.6 Å². The molecule has 200 valence electrons. The second-order valence-corrected chi connectivity index (χ2v) is 10.6. The summed E-state index contributed by atoms with van der Waals surface area (Å²) in [5.41, 5.74) is 0.966. The lowest BCUT2D eigenvalue weighted by Crippen LogP contribution is -2.15. The molecule has 6 heteroatoms. The molecule has 1 aliphatic rings. The zero-order chi connectivity index (χ0) is 26.4. The first-order valence-electron chi connectivity index (χ1n) is 13.4. The van der Waals surface area contributed by atoms with Gasteiger partial charge in [0.15, 0.2) is 23.0 Å². The van der Waals surface area contributed by atoms with Crippen LogP contribution in [0.1, 0.15) is 84.8 Å². The summed E-state index contributed by atoms with van der Waals surface area (Å²) in [5, 5.41) is 0. The van der Waals surface area contributed by atoms with Gasteiger partial charge in [0, 0.05) is 17.5 Å². The van der Waals surface area contributed by atoms with Gasteiger partial charge in [-0.1, -0.05) is 66.4 Å². The minimum atomic E-state index is -1.17. The van der Waals surface area contributed by atoms with Crippen LogP contribution in [-0.2, 0) is 6.42 Å². The molecule has 4 unspecified atom stereocenters. The summed E-state index contributed by atoms with van der Waals surface area (Å²) in [6, 6.07) is 4.71. The van der Waals surface area contributed by atoms with Gasteiger partial charge < -0.3 is 14.2 Å². The summed E-state index contributed by atoms with van der Waals surface area (Å²) in [4.78, 5) is 0. The first-order valence-corrected chi connectivity index (χ1v) is 13.4. The van der Waals surface area contributed by atoms with Gasteiger partial charge in [0.25, 0.3) is 0 Å². The molecule has 1 aliphatic heterocycles. The quantitative estimate of drug-likeness (QED) is 0.231. The van der Waals surface area contributed by atoms with Crippen molar-refractivity contribution in [1.29, 1.82) is 0 Å². The van der Waals surface area contributed by atoms with Crippen molar-refractivity contribution in [1.82, 2.24) is 0 Å². The Balaban J connectivity index is 1.58. The lowest BCUT2D eigenvalue weighted by Gasteiger charge is -2.24. The largest absolute Gasteiger partial charge is 0.491 e. The van der Waals surface area contributed by atoms with E-state index in [1.807, 2.05) is 0 Å². The Morgan fingerprint density at radius 2 is 1.39 bits per heavy atom. The molecule has 0 bridgehead atoms. The summed E-state index contributed by atoms with van der Waals surface area (Å²) >= 11 is 0. The smallest absolute Gasteiger partial charge is 0.207 e. The van der Waals surface area contributed by atoms with Gasteiger partial charge in [-0.05, 0) is 49.1 Å². The lowest BCUT2D eigenvalue weighted by molar-refractivity contribution is 0.221. The first-order chi connectivity index (χ1) is 17.2. The zero-order valence-electron chi connectivity index (χ0n) is 22.6. The van der Waals surface area contributed by atoms with Gasteiger partial charge in [-0.3, -0.25) is 0 Å². The highest BCUT2D eigenvalue weighted by Gasteiger charge is 2.29. The molecule has 0 radical (unpaired) electrons. The monoisotopic (exact) mass is 506 g/mol. The Bertz CT molecular complexity index is 1020. The van der Waals surface area contributed by atoms with Crippen molar-refractivity contribution in [2.45, 2.75) is 80.1 Å². The van der Waals surface area contributed by atoms with E-state index in [1.54, 1.807) is 19.1 Å². The van der Waals surface area contributed by atoms with Crippen LogP contribution in [0.3, 0.4) is 0 Å². The molecule has 0 N–H and O–H groups in total. The van der Waals surface area contributed by atoms with Crippen LogP contribution in [0.25, 0.3) is 0 Å². The second kappa shape index (κ2) is 12.7. The molecule has 0 spiro atoms. The van der Waals surface area contributed by atoms with Crippen LogP contribution in [0.4, 0.5) is 13.2 Å². The van der Waals surface area contributed by atoms with E-state index in [4.69, 9.17) is 14.2 Å². The maximum absolute atomic E-state index is 15.2. The summed E-state index contributed by atoms with van der Waals surface area (Å²) < 4.78 is 60.7. The van der Waals surface area contributed by atoms with E-state index in [-0.39, 0.29) is 41.9 Å². The van der Waals surface area contributed by atoms with Crippen LogP contribution < -0.4 is 14.2 Å². The van der Waals surface area contributed by atoms with Crippen LogP contribution in [0.5, 0.6) is 23.0 Å². The van der Waals surface area contributed by atoms with Crippen LogP contribution in [-0.4, -0.2) is 13.2 Å². The predicted octanol–water partition coefficient (Wildman–Crippen LogP) is 9.09. The van der Waals surface area contributed by atoms with Crippen molar-refractivity contribution < 1.29 is 27.4 Å². The number of halogens is 3. The molecule has 3 nitrogen and oxygen atoms in total. The number of ether oxygens (including phenoxy) is 3. The summed E-state index contributed by atoms with van der Waals surface area (Å²) in [6.45, 7) is 13.6. The number of rotatable bonds is 13. The average molecular weight is 507 g/mol. The van der Waals surface area contributed by atoms with E-state index in [2.05, 4.69) is 34.6 Å². The number of fused-ring (bicyclic) bond motifs is 2. The fraction of sp³-hybridized carbons (Fsp3) is 0.600. The maximum atomic E-state index is 15.2. The fourth-order valence-electron chi connectivity index (χ4n) is 4.57. The van der Waals surface area contributed by atoms with E-state index >= 15 is 4.39 Å². The van der Waals surface area contributed by atoms with E-state index in [0.717, 1.165) is 18.8 Å². The van der Waals surface area contributed by atoms with Crippen molar-refractivity contribution in [2.75, 3.05) is 13.2 Å². The molecule has 0 amide bonds. The van der Waals surface area contributed by atoms with Gasteiger partial charge in [0.2, 0.25) is 17.5 Å². The molecule has 4 atom stereocenters. The molecule has 3 rings (SSSR count). The lowest BCUT2D eigenvalue weighted by atomic mass is 9.84. The molecule has 0 fully saturated rings. The van der Waals surface area contributed by atoms with E-state index in [1.165, 1.54) is 25.3 Å². The third kappa shape index (κ3) is 6.68. The zero-order valence-corrected chi connectivity index (χ0v) is 22.6. The Morgan fingerprint density at radius 3 is 2.03 bits per heavy atom. The molecule has 0 saturated carbocycles. The topological polar surface area (TPSA) is 27.7 Å². The van der Waals surface area contributed by atoms with Crippen molar-refractivity contribution in [3.63, 3.8) is 0 Å². The highest BCUT2D eigenvalue weighted by atomic mass is 19.2. The third-order valence-corrected chi connectivity index (χ3v) is 7.65. The van der Waals surface area contributed by atoms with Crippen LogP contribution >= 0.6 is 0 Å². The van der Waals surface area contributed by atoms with E-state index in [9.17, 15) is 8.78 Å². The highest BCUT2D eigenvalue weighted by molar-refractivity contribution is 5.55. The molecule has 2 aromatic rings. The van der Waals surface area contributed by atoms with Gasteiger partial charge in [-0.2, -0.15) is 13.2 Å². The summed E-state index contributed by atoms with van der Waals surface area (Å²) in [7, 11) is 0. The Labute approximate surface area is 214 Å². The van der Waals surface area contributed by atoms with Crippen LogP contribution in [0.2, 0.25) is 0 Å². The van der Waals surface area contributed by atoms with Crippen molar-refractivity contribution in [3.05, 3.63) is 46.8 Å². The van der Waals surface area contributed by atoms with Crippen LogP contribution in [0, 0.1) is 41.1 Å². The second-order valence-electron chi connectivity index (χ2n) is 10.6. The Morgan fingerprint density at radius 1 is 0.750 bits per heavy atom. The van der Waals surface area contributed by atoms with Crippen molar-refractivity contribution >= 4 is 0 Å². The normalized spacial score (nSPS) is 15.8. The minimum Gasteiger partial charge on any atom is -0.491 e. The highest BCUT2D eigenvalue weighted by Crippen LogP contribution is 2.44. The molecule has 0 saturated heterocycles. The minimum absolute atomic E-state index is 0.0610. The molecule has 36 heavy (non-hydrogen) atoms. The summed E-state index contributed by atoms with van der Waals surface area (Å²) in [5.74, 6) is -1.18. The Hall–Kier alpha value is -2.37. The van der Waals surface area contributed by atoms with E-state index < -0.39 is 17.5 Å². The molecule has 0 aliphatic carbocycles. The van der Waals surface area contributed by atoms with Gasteiger partial charge >= 0.3 is 0 Å². The van der Waals surface area contributed by atoms with Gasteiger partial charge in [-0.15, -0.1) is 0 Å². The van der Waals surface area contributed by atoms with Gasteiger partial charge in [-0.25, -0.2) is 0 Å². The Kier molecular flexibility index (Phi) is 9.98. The third-order valence-electron chi connectivity index (χ3n) is 7.65. The van der Waals surface area contributed by atoms with Crippen molar-refractivity contribution in [2.24, 2.45) is 23.7 Å². The molecule has 2 aromatic carbocycles. The average Bonchev–Trinajstić information content (AvgIpc) is 2.87. The standard InChI is InChI=1S/C30H41F3O3/c1-7-18(3)9-11-20(5)21(6)12-10-19(4)17-35-24-14-13-22-15-23-16-25(34-8-2)26(31)28(33)30(23)36-29(22)27(24)32/h13-14,16,18-21H,7-12,15,17H2,1-6H3. The van der Waals surface area contributed by atoms with Crippen molar-refractivity contribution in [3.8, 4) is 23.0 Å².